The van der Waals surface area contributed by atoms with Gasteiger partial charge < -0.3 is 10.5 Å². The Labute approximate surface area is 89.4 Å². The smallest absolute Gasteiger partial charge is 0.138 e. The van der Waals surface area contributed by atoms with Crippen molar-refractivity contribution >= 4 is 24.0 Å². The first-order valence-electron chi connectivity index (χ1n) is 3.85. The molecule has 1 aromatic carbocycles. The van der Waals surface area contributed by atoms with Crippen molar-refractivity contribution in [2.45, 2.75) is 13.0 Å². The van der Waals surface area contributed by atoms with Gasteiger partial charge in [0.15, 0.2) is 0 Å². The molecular formula is C9H13Cl2NO. The van der Waals surface area contributed by atoms with Crippen LogP contribution in [0.25, 0.3) is 0 Å². The predicted molar refractivity (Wildman–Crippen MR) is 57.8 cm³/mol. The van der Waals surface area contributed by atoms with Crippen LogP contribution in [0.15, 0.2) is 24.3 Å². The molecule has 0 amide bonds. The Morgan fingerprint density at radius 2 is 2.08 bits per heavy atom. The number of rotatable bonds is 3. The Hall–Kier alpha value is -0.440. The topological polar surface area (TPSA) is 35.2 Å². The lowest BCUT2D eigenvalue weighted by Gasteiger charge is -2.12. The zero-order valence-electron chi connectivity index (χ0n) is 7.37. The summed E-state index contributed by atoms with van der Waals surface area (Å²) in [7, 11) is 0. The molecule has 0 aliphatic heterocycles. The fourth-order valence-electron chi connectivity index (χ4n) is 0.805. The number of hydrogen-bond acceptors (Lipinski definition) is 2. The van der Waals surface area contributed by atoms with Crippen LogP contribution in [0.5, 0.6) is 5.75 Å². The third-order valence-corrected chi connectivity index (χ3v) is 1.81. The van der Waals surface area contributed by atoms with Gasteiger partial charge in [-0.15, -0.1) is 12.4 Å². The highest BCUT2D eigenvalue weighted by molar-refractivity contribution is 6.32. The van der Waals surface area contributed by atoms with Gasteiger partial charge in [-0.3, -0.25) is 0 Å². The number of nitrogens with two attached hydrogens (primary N) is 1. The molecule has 74 valence electrons. The monoisotopic (exact) mass is 221 g/mol. The normalized spacial score (nSPS) is 11.6. The molecule has 13 heavy (non-hydrogen) atoms. The lowest BCUT2D eigenvalue weighted by Crippen LogP contribution is -2.22. The second kappa shape index (κ2) is 6.08. The Morgan fingerprint density at radius 1 is 1.46 bits per heavy atom. The van der Waals surface area contributed by atoms with Crippen LogP contribution in [0.4, 0.5) is 0 Å². The van der Waals surface area contributed by atoms with Gasteiger partial charge >= 0.3 is 0 Å². The van der Waals surface area contributed by atoms with Gasteiger partial charge in [-0.25, -0.2) is 0 Å². The largest absolute Gasteiger partial charge is 0.488 e. The molecular weight excluding hydrogens is 209 g/mol. The van der Waals surface area contributed by atoms with Crippen LogP contribution < -0.4 is 10.5 Å². The minimum Gasteiger partial charge on any atom is -0.488 e. The Bertz CT molecular complexity index is 255. The lowest BCUT2D eigenvalue weighted by atomic mass is 10.3. The van der Waals surface area contributed by atoms with Gasteiger partial charge in [0.05, 0.1) is 5.02 Å². The van der Waals surface area contributed by atoms with Crippen LogP contribution in [0, 0.1) is 0 Å². The zero-order valence-corrected chi connectivity index (χ0v) is 8.94. The third-order valence-electron chi connectivity index (χ3n) is 1.50. The molecule has 0 heterocycles. The van der Waals surface area contributed by atoms with E-state index in [1.54, 1.807) is 6.07 Å². The number of para-hydroxylation sites is 1. The Balaban J connectivity index is 0.00000144. The first kappa shape index (κ1) is 12.6. The summed E-state index contributed by atoms with van der Waals surface area (Å²) in [6.45, 7) is 2.40. The summed E-state index contributed by atoms with van der Waals surface area (Å²) in [6.07, 6.45) is 0.00454. The van der Waals surface area contributed by atoms with Gasteiger partial charge in [-0.2, -0.15) is 0 Å². The molecule has 0 aliphatic rings. The standard InChI is InChI=1S/C9H12ClNO.ClH/c1-7(6-11)12-9-5-3-2-4-8(9)10;/h2-5,7H,6,11H2,1H3;1H. The van der Waals surface area contributed by atoms with E-state index in [2.05, 4.69) is 0 Å². The van der Waals surface area contributed by atoms with E-state index in [1.165, 1.54) is 0 Å². The van der Waals surface area contributed by atoms with E-state index in [-0.39, 0.29) is 18.5 Å². The van der Waals surface area contributed by atoms with Crippen LogP contribution in [0.2, 0.25) is 5.02 Å². The van der Waals surface area contributed by atoms with Gasteiger partial charge in [-0.1, -0.05) is 23.7 Å². The summed E-state index contributed by atoms with van der Waals surface area (Å²) in [5.41, 5.74) is 5.40. The molecule has 0 fully saturated rings. The fourth-order valence-corrected chi connectivity index (χ4v) is 0.985. The highest BCUT2D eigenvalue weighted by Crippen LogP contribution is 2.23. The molecule has 0 spiro atoms. The molecule has 2 N–H and O–H groups in total. The molecule has 0 aliphatic carbocycles. The van der Waals surface area contributed by atoms with Crippen LogP contribution in [0.1, 0.15) is 6.92 Å². The molecule has 1 unspecified atom stereocenters. The molecule has 0 radical (unpaired) electrons. The van der Waals surface area contributed by atoms with Crippen LogP contribution in [-0.2, 0) is 0 Å². The summed E-state index contributed by atoms with van der Waals surface area (Å²) in [5, 5.41) is 0.623. The van der Waals surface area contributed by atoms with Crippen molar-refractivity contribution in [2.24, 2.45) is 5.73 Å². The summed E-state index contributed by atoms with van der Waals surface area (Å²) in [4.78, 5) is 0. The van der Waals surface area contributed by atoms with Gasteiger partial charge in [0, 0.05) is 6.54 Å². The molecule has 4 heteroatoms. The van der Waals surface area contributed by atoms with Crippen molar-refractivity contribution in [3.63, 3.8) is 0 Å². The highest BCUT2D eigenvalue weighted by atomic mass is 35.5. The number of halogens is 2. The maximum atomic E-state index is 5.86. The number of hydrogen-bond donors (Lipinski definition) is 1. The highest BCUT2D eigenvalue weighted by Gasteiger charge is 2.03. The van der Waals surface area contributed by atoms with E-state index >= 15 is 0 Å². The minimum atomic E-state index is 0. The summed E-state index contributed by atoms with van der Waals surface area (Å²) < 4.78 is 5.44. The number of benzene rings is 1. The van der Waals surface area contributed by atoms with Crippen molar-refractivity contribution in [2.75, 3.05) is 6.54 Å². The van der Waals surface area contributed by atoms with Gasteiger partial charge in [-0.05, 0) is 19.1 Å². The third kappa shape index (κ3) is 3.85. The summed E-state index contributed by atoms with van der Waals surface area (Å²) >= 11 is 5.86. The van der Waals surface area contributed by atoms with Crippen molar-refractivity contribution in [3.8, 4) is 5.75 Å². The molecule has 2 nitrogen and oxygen atoms in total. The number of ether oxygens (including phenoxy) is 1. The SMILES string of the molecule is CC(CN)Oc1ccccc1Cl.Cl. The van der Waals surface area contributed by atoms with Crippen molar-refractivity contribution in [1.29, 1.82) is 0 Å². The minimum absolute atomic E-state index is 0. The maximum Gasteiger partial charge on any atom is 0.138 e. The molecule has 0 aromatic heterocycles. The molecule has 1 aromatic rings. The molecule has 0 saturated heterocycles. The van der Waals surface area contributed by atoms with Gasteiger partial charge in [0.2, 0.25) is 0 Å². The molecule has 1 atom stereocenters. The van der Waals surface area contributed by atoms with Crippen molar-refractivity contribution in [3.05, 3.63) is 29.3 Å². The summed E-state index contributed by atoms with van der Waals surface area (Å²) in [5.74, 6) is 0.692. The van der Waals surface area contributed by atoms with E-state index in [1.807, 2.05) is 25.1 Å². The van der Waals surface area contributed by atoms with Crippen LogP contribution in [0.3, 0.4) is 0 Å². The fraction of sp³-hybridized carbons (Fsp3) is 0.333. The maximum absolute atomic E-state index is 5.86. The van der Waals surface area contributed by atoms with Crippen LogP contribution >= 0.6 is 24.0 Å². The van der Waals surface area contributed by atoms with E-state index in [0.29, 0.717) is 17.3 Å². The molecule has 0 saturated carbocycles. The second-order valence-corrected chi connectivity index (χ2v) is 3.00. The van der Waals surface area contributed by atoms with E-state index in [4.69, 9.17) is 22.1 Å². The van der Waals surface area contributed by atoms with E-state index < -0.39 is 0 Å². The Kier molecular flexibility index (Phi) is 5.88. The first-order valence-corrected chi connectivity index (χ1v) is 4.23. The Morgan fingerprint density at radius 3 is 2.62 bits per heavy atom. The van der Waals surface area contributed by atoms with Gasteiger partial charge in [0.1, 0.15) is 11.9 Å². The van der Waals surface area contributed by atoms with Crippen molar-refractivity contribution < 1.29 is 4.74 Å². The lowest BCUT2D eigenvalue weighted by molar-refractivity contribution is 0.230. The predicted octanol–water partition coefficient (Wildman–Crippen LogP) is 2.49. The quantitative estimate of drug-likeness (QED) is 0.852. The van der Waals surface area contributed by atoms with E-state index in [9.17, 15) is 0 Å². The average molecular weight is 222 g/mol. The molecule has 1 rings (SSSR count). The zero-order chi connectivity index (χ0) is 8.97. The van der Waals surface area contributed by atoms with Gasteiger partial charge in [0.25, 0.3) is 0 Å². The molecule has 0 bridgehead atoms. The summed E-state index contributed by atoms with van der Waals surface area (Å²) in [6, 6.07) is 7.36. The first-order chi connectivity index (χ1) is 5.74. The average Bonchev–Trinajstić information content (AvgIpc) is 2.09. The second-order valence-electron chi connectivity index (χ2n) is 2.59. The van der Waals surface area contributed by atoms with Crippen molar-refractivity contribution in [1.82, 2.24) is 0 Å². The van der Waals surface area contributed by atoms with E-state index in [0.717, 1.165) is 0 Å². The van der Waals surface area contributed by atoms with Crippen LogP contribution in [-0.4, -0.2) is 12.6 Å².